The highest BCUT2D eigenvalue weighted by Crippen LogP contribution is 2.32. The number of oxime groups is 1. The Bertz CT molecular complexity index is 940. The van der Waals surface area contributed by atoms with Gasteiger partial charge in [-0.1, -0.05) is 5.16 Å². The summed E-state index contributed by atoms with van der Waals surface area (Å²) >= 11 is 1.57. The molecular formula is C18H18N6OS. The molecule has 132 valence electrons. The number of aromatic nitrogens is 4. The number of pyridine rings is 1. The third kappa shape index (κ3) is 3.15. The van der Waals surface area contributed by atoms with Gasteiger partial charge in [-0.2, -0.15) is 0 Å². The van der Waals surface area contributed by atoms with Crippen LogP contribution in [0.25, 0.3) is 21.1 Å². The second-order valence-electron chi connectivity index (χ2n) is 5.83. The number of fused-ring (bicyclic) bond motifs is 1. The second kappa shape index (κ2) is 7.17. The van der Waals surface area contributed by atoms with E-state index in [0.717, 1.165) is 51.3 Å². The molecule has 0 spiro atoms. The first-order valence-electron chi connectivity index (χ1n) is 8.40. The van der Waals surface area contributed by atoms with Gasteiger partial charge in [0, 0.05) is 44.2 Å². The van der Waals surface area contributed by atoms with Crippen LogP contribution in [-0.4, -0.2) is 45.8 Å². The molecule has 0 bridgehead atoms. The minimum Gasteiger partial charge on any atom is -0.396 e. The van der Waals surface area contributed by atoms with E-state index >= 15 is 0 Å². The summed E-state index contributed by atoms with van der Waals surface area (Å²) in [5, 5.41) is 5.14. The lowest BCUT2D eigenvalue weighted by molar-refractivity contribution is 0.158. The van der Waals surface area contributed by atoms with Crippen LogP contribution in [0.15, 0.2) is 42.1 Å². The molecule has 1 aliphatic rings. The van der Waals surface area contributed by atoms with Gasteiger partial charge in [0.25, 0.3) is 0 Å². The van der Waals surface area contributed by atoms with Crippen LogP contribution in [0.2, 0.25) is 0 Å². The maximum absolute atomic E-state index is 5.26. The van der Waals surface area contributed by atoms with Crippen LogP contribution in [0.5, 0.6) is 0 Å². The third-order valence-electron chi connectivity index (χ3n) is 4.04. The lowest BCUT2D eigenvalue weighted by atomic mass is 10.1. The van der Waals surface area contributed by atoms with E-state index in [1.807, 2.05) is 38.5 Å². The number of hydrogen-bond acceptors (Lipinski definition) is 8. The minimum atomic E-state index is 0.533. The van der Waals surface area contributed by atoms with Crippen LogP contribution in [0.1, 0.15) is 19.0 Å². The van der Waals surface area contributed by atoms with Gasteiger partial charge in [-0.15, -0.1) is 11.3 Å². The molecule has 0 saturated heterocycles. The monoisotopic (exact) mass is 366 g/mol. The number of nitrogens with zero attached hydrogens (tertiary/aromatic N) is 6. The fourth-order valence-corrected chi connectivity index (χ4v) is 3.58. The van der Waals surface area contributed by atoms with E-state index in [4.69, 9.17) is 9.82 Å². The molecule has 8 heteroatoms. The molecule has 0 amide bonds. The Hall–Kier alpha value is -2.87. The fourth-order valence-electron chi connectivity index (χ4n) is 2.72. The quantitative estimate of drug-likeness (QED) is 0.660. The first kappa shape index (κ1) is 16.6. The predicted molar refractivity (Wildman–Crippen MR) is 102 cm³/mol. The van der Waals surface area contributed by atoms with Crippen molar-refractivity contribution < 1.29 is 4.84 Å². The summed E-state index contributed by atoms with van der Waals surface area (Å²) in [6.45, 7) is 3.29. The zero-order valence-corrected chi connectivity index (χ0v) is 15.4. The van der Waals surface area contributed by atoms with Crippen molar-refractivity contribution >= 4 is 22.9 Å². The summed E-state index contributed by atoms with van der Waals surface area (Å²) < 4.78 is 0. The Kier molecular flexibility index (Phi) is 4.57. The van der Waals surface area contributed by atoms with Gasteiger partial charge < -0.3 is 9.74 Å². The van der Waals surface area contributed by atoms with Gasteiger partial charge in [-0.3, -0.25) is 4.98 Å². The molecule has 26 heavy (non-hydrogen) atoms. The minimum absolute atomic E-state index is 0.533. The summed E-state index contributed by atoms with van der Waals surface area (Å²) in [6.07, 6.45) is 7.96. The molecule has 0 aromatic carbocycles. The molecule has 0 fully saturated rings. The highest BCUT2D eigenvalue weighted by molar-refractivity contribution is 7.18. The Morgan fingerprint density at radius 2 is 2.19 bits per heavy atom. The van der Waals surface area contributed by atoms with Gasteiger partial charge >= 0.3 is 0 Å². The molecule has 3 aromatic rings. The zero-order valence-electron chi connectivity index (χ0n) is 14.6. The number of thiazole rings is 1. The first-order valence-corrected chi connectivity index (χ1v) is 9.22. The van der Waals surface area contributed by atoms with Crippen molar-refractivity contribution in [1.82, 2.24) is 19.9 Å². The van der Waals surface area contributed by atoms with E-state index in [9.17, 15) is 0 Å². The standard InChI is InChI=1S/C18H18N6OS/c1-3-25-23-13-6-8-24(2)17-16(13)22-14(10-20-17)15-11-21-18(26-15)12-5-4-7-19-9-12/h4-5,7,9-11H,3,6,8H2,1-2H3/b23-13+. The number of hydrogen-bond donors (Lipinski definition) is 0. The van der Waals surface area contributed by atoms with Crippen molar-refractivity contribution in [2.75, 3.05) is 25.1 Å². The van der Waals surface area contributed by atoms with Crippen molar-refractivity contribution in [3.8, 4) is 21.1 Å². The molecule has 0 aliphatic carbocycles. The van der Waals surface area contributed by atoms with Crippen molar-refractivity contribution in [1.29, 1.82) is 0 Å². The molecule has 4 rings (SSSR count). The Morgan fingerprint density at radius 3 is 3.00 bits per heavy atom. The molecule has 3 aromatic heterocycles. The Morgan fingerprint density at radius 1 is 1.27 bits per heavy atom. The van der Waals surface area contributed by atoms with Crippen LogP contribution >= 0.6 is 11.3 Å². The average molecular weight is 366 g/mol. The molecular weight excluding hydrogens is 348 g/mol. The van der Waals surface area contributed by atoms with Crippen LogP contribution in [0.3, 0.4) is 0 Å². The molecule has 0 atom stereocenters. The van der Waals surface area contributed by atoms with Crippen LogP contribution in [-0.2, 0) is 4.84 Å². The summed E-state index contributed by atoms with van der Waals surface area (Å²) in [5.74, 6) is 0.829. The Balaban J connectivity index is 1.72. The summed E-state index contributed by atoms with van der Waals surface area (Å²) in [5.41, 5.74) is 3.40. The number of rotatable bonds is 4. The molecule has 0 radical (unpaired) electrons. The lowest BCUT2D eigenvalue weighted by Gasteiger charge is -2.26. The number of anilines is 1. The van der Waals surface area contributed by atoms with Crippen molar-refractivity contribution in [2.45, 2.75) is 13.3 Å². The molecule has 0 N–H and O–H groups in total. The van der Waals surface area contributed by atoms with E-state index < -0.39 is 0 Å². The predicted octanol–water partition coefficient (Wildman–Crippen LogP) is 3.24. The van der Waals surface area contributed by atoms with Gasteiger partial charge in [-0.25, -0.2) is 15.0 Å². The largest absolute Gasteiger partial charge is 0.396 e. The summed E-state index contributed by atoms with van der Waals surface area (Å²) in [4.78, 5) is 26.4. The van der Waals surface area contributed by atoms with Crippen molar-refractivity contribution in [3.05, 3.63) is 42.6 Å². The topological polar surface area (TPSA) is 76.4 Å². The molecule has 4 heterocycles. The van der Waals surface area contributed by atoms with E-state index in [2.05, 4.69) is 25.0 Å². The smallest absolute Gasteiger partial charge is 0.156 e. The van der Waals surface area contributed by atoms with Gasteiger partial charge in [0.1, 0.15) is 28.7 Å². The van der Waals surface area contributed by atoms with Gasteiger partial charge in [0.15, 0.2) is 5.82 Å². The van der Waals surface area contributed by atoms with E-state index in [0.29, 0.717) is 6.61 Å². The second-order valence-corrected chi connectivity index (χ2v) is 6.86. The highest BCUT2D eigenvalue weighted by atomic mass is 32.1. The first-order chi connectivity index (χ1) is 12.8. The van der Waals surface area contributed by atoms with Gasteiger partial charge in [0.05, 0.1) is 11.1 Å². The molecule has 1 aliphatic heterocycles. The van der Waals surface area contributed by atoms with E-state index in [-0.39, 0.29) is 0 Å². The lowest BCUT2D eigenvalue weighted by Crippen LogP contribution is -2.30. The summed E-state index contributed by atoms with van der Waals surface area (Å²) in [7, 11) is 2.01. The third-order valence-corrected chi connectivity index (χ3v) is 5.11. The fraction of sp³-hybridized carbons (Fsp3) is 0.278. The highest BCUT2D eigenvalue weighted by Gasteiger charge is 2.24. The van der Waals surface area contributed by atoms with E-state index in [1.54, 1.807) is 23.7 Å². The van der Waals surface area contributed by atoms with Gasteiger partial charge in [-0.05, 0) is 19.1 Å². The molecule has 0 saturated carbocycles. The molecule has 7 nitrogen and oxygen atoms in total. The zero-order chi connectivity index (χ0) is 17.9. The Labute approximate surface area is 155 Å². The maximum Gasteiger partial charge on any atom is 0.156 e. The van der Waals surface area contributed by atoms with Gasteiger partial charge in [0.2, 0.25) is 0 Å². The normalized spacial score (nSPS) is 15.2. The maximum atomic E-state index is 5.26. The van der Waals surface area contributed by atoms with Crippen molar-refractivity contribution in [3.63, 3.8) is 0 Å². The van der Waals surface area contributed by atoms with Crippen LogP contribution in [0, 0.1) is 0 Å². The SMILES string of the molecule is CCO/N=C1\CCN(C)c2ncc(-c3cnc(-c4cccnc4)s3)nc21. The van der Waals surface area contributed by atoms with Crippen LogP contribution < -0.4 is 4.90 Å². The van der Waals surface area contributed by atoms with Crippen molar-refractivity contribution in [2.24, 2.45) is 5.16 Å². The average Bonchev–Trinajstić information content (AvgIpc) is 3.18. The van der Waals surface area contributed by atoms with E-state index in [1.165, 1.54) is 0 Å². The molecule has 0 unspecified atom stereocenters. The van der Waals surface area contributed by atoms with Crippen LogP contribution in [0.4, 0.5) is 5.82 Å². The summed E-state index contributed by atoms with van der Waals surface area (Å²) in [6, 6.07) is 3.90.